The Morgan fingerprint density at radius 1 is 2.00 bits per heavy atom. The molecule has 0 aliphatic heterocycles. The summed E-state index contributed by atoms with van der Waals surface area (Å²) >= 11 is 0. The predicted molar refractivity (Wildman–Crippen MR) is 25.9 cm³/mol. The Kier molecular flexibility index (Phi) is 31.1. The Morgan fingerprint density at radius 3 is 2.00 bits per heavy atom. The lowest BCUT2D eigenvalue weighted by Gasteiger charge is -1.53. The van der Waals surface area contributed by atoms with Crippen LogP contribution in [0.1, 0.15) is 6.92 Å². The van der Waals surface area contributed by atoms with Crippen LogP contribution in [0.15, 0.2) is 0 Å². The highest BCUT2D eigenvalue weighted by Gasteiger charge is 1.45. The summed E-state index contributed by atoms with van der Waals surface area (Å²) in [7, 11) is -1.17. The Labute approximate surface area is 38.5 Å². The van der Waals surface area contributed by atoms with E-state index in [2.05, 4.69) is 0 Å². The first kappa shape index (κ1) is 9.39. The molecule has 6 heavy (non-hydrogen) atoms. The van der Waals surface area contributed by atoms with Gasteiger partial charge < -0.3 is 5.73 Å². The molecule has 0 rings (SSSR count). The van der Waals surface area contributed by atoms with E-state index in [4.69, 9.17) is 15.2 Å². The van der Waals surface area contributed by atoms with Crippen molar-refractivity contribution in [2.45, 2.75) is 6.92 Å². The van der Waals surface area contributed by atoms with Gasteiger partial charge in [0.05, 0.1) is 0 Å². The van der Waals surface area contributed by atoms with E-state index in [0.29, 0.717) is 0 Å². The Morgan fingerprint density at radius 2 is 2.00 bits per heavy atom. The van der Waals surface area contributed by atoms with Gasteiger partial charge in [-0.2, -0.15) is 4.89 Å². The molecule has 1 unspecified atom stereocenters. The predicted octanol–water partition coefficient (Wildman–Crippen LogP) is -0.117. The van der Waals surface area contributed by atoms with Gasteiger partial charge in [-0.3, -0.25) is 0 Å². The summed E-state index contributed by atoms with van der Waals surface area (Å²) in [6.45, 7) is 2.65. The summed E-state index contributed by atoms with van der Waals surface area (Å²) in [5.41, 5.74) is 4.85. The van der Waals surface area contributed by atoms with Crippen molar-refractivity contribution in [1.29, 1.82) is 0 Å². The lowest BCUT2D eigenvalue weighted by Crippen LogP contribution is -1.87. The topological polar surface area (TPSA) is 63.3 Å². The van der Waals surface area contributed by atoms with Crippen molar-refractivity contribution in [3.8, 4) is 0 Å². The third-order valence-corrected chi connectivity index (χ3v) is 0. The number of rotatable bonds is 0. The molecule has 4 heteroatoms. The maximum atomic E-state index is 8.51. The van der Waals surface area contributed by atoms with Crippen LogP contribution in [0.4, 0.5) is 0 Å². The van der Waals surface area contributed by atoms with Crippen LogP contribution in [-0.2, 0) is 4.57 Å². The molecule has 38 valence electrons. The van der Waals surface area contributed by atoms with E-state index in [1.807, 2.05) is 6.92 Å². The van der Waals surface area contributed by atoms with Crippen LogP contribution in [0.3, 0.4) is 0 Å². The molecule has 1 atom stereocenters. The van der Waals surface area contributed by atoms with E-state index in [-0.39, 0.29) is 0 Å². The largest absolute Gasteiger partial charge is 0.491 e. The van der Waals surface area contributed by atoms with Crippen molar-refractivity contribution in [3.63, 3.8) is 0 Å². The zero-order valence-electron chi connectivity index (χ0n) is 3.64. The molecule has 0 spiro atoms. The zero-order chi connectivity index (χ0) is 5.41. The van der Waals surface area contributed by atoms with E-state index >= 15 is 0 Å². The van der Waals surface area contributed by atoms with Gasteiger partial charge in [-0.1, -0.05) is 6.92 Å². The monoisotopic (exact) mass is 110 g/mol. The van der Waals surface area contributed by atoms with Crippen molar-refractivity contribution >= 4 is 8.69 Å². The van der Waals surface area contributed by atoms with Crippen molar-refractivity contribution in [1.82, 2.24) is 0 Å². The first-order valence-electron chi connectivity index (χ1n) is 1.54. The van der Waals surface area contributed by atoms with Crippen LogP contribution < -0.4 is 5.73 Å². The van der Waals surface area contributed by atoms with Gasteiger partial charge in [0.2, 0.25) is 0 Å². The van der Waals surface area contributed by atoms with Crippen LogP contribution in [-0.4, -0.2) is 11.4 Å². The van der Waals surface area contributed by atoms with Gasteiger partial charge in [0.1, 0.15) is 0 Å². The van der Waals surface area contributed by atoms with E-state index in [1.54, 1.807) is 0 Å². The van der Waals surface area contributed by atoms with Gasteiger partial charge in [-0.25, -0.2) is 0 Å². The van der Waals surface area contributed by atoms with E-state index in [0.717, 1.165) is 6.54 Å². The molecule has 3 nitrogen and oxygen atoms in total. The minimum atomic E-state index is -1.17. The lowest BCUT2D eigenvalue weighted by molar-refractivity contribution is 0.524. The molecule has 0 heterocycles. The molecular formula is C2H9NO2P+. The van der Waals surface area contributed by atoms with Crippen molar-refractivity contribution in [2.75, 3.05) is 6.54 Å². The molecule has 3 N–H and O–H groups in total. The molecule has 0 radical (unpaired) electrons. The van der Waals surface area contributed by atoms with E-state index in [1.165, 1.54) is 0 Å². The van der Waals surface area contributed by atoms with Gasteiger partial charge in [-0.05, 0) is 11.1 Å². The van der Waals surface area contributed by atoms with Gasteiger partial charge in [0, 0.05) is 0 Å². The van der Waals surface area contributed by atoms with Gasteiger partial charge in [-0.15, -0.1) is 0 Å². The summed E-state index contributed by atoms with van der Waals surface area (Å²) in [5.74, 6) is 0. The molecule has 0 bridgehead atoms. The van der Waals surface area contributed by atoms with E-state index in [9.17, 15) is 0 Å². The molecule has 0 aromatic heterocycles. The molecule has 0 aromatic rings. The fourth-order valence-electron chi connectivity index (χ4n) is 0. The molecule has 0 aliphatic rings. The van der Waals surface area contributed by atoms with Crippen LogP contribution in [0, 0.1) is 0 Å². The summed E-state index contributed by atoms with van der Waals surface area (Å²) in [6.07, 6.45) is 0. The maximum absolute atomic E-state index is 8.51. The molecule has 0 aromatic carbocycles. The highest BCUT2D eigenvalue weighted by atomic mass is 31.1. The number of hydrogen-bond donors (Lipinski definition) is 2. The SMILES string of the molecule is CCN.O=[PH+]O. The molecule has 0 fully saturated rings. The third-order valence-electron chi connectivity index (χ3n) is 0. The quantitative estimate of drug-likeness (QED) is 0.427. The minimum absolute atomic E-state index is 0.750. The van der Waals surface area contributed by atoms with Crippen LogP contribution in [0.25, 0.3) is 0 Å². The fourth-order valence-corrected chi connectivity index (χ4v) is 0. The van der Waals surface area contributed by atoms with Gasteiger partial charge >= 0.3 is 8.69 Å². The Hall–Kier alpha value is 0.0200. The molecule has 0 aliphatic carbocycles. The molecule has 0 saturated carbocycles. The van der Waals surface area contributed by atoms with Crippen LogP contribution >= 0.6 is 8.69 Å². The standard InChI is InChI=1S/C2H7N.HO2P/c1-2-3;1-3-2/h2-3H2,1H3;3H/p+1. The normalized spacial score (nSPS) is 6.50. The molecule has 0 saturated heterocycles. The van der Waals surface area contributed by atoms with Crippen molar-refractivity contribution in [3.05, 3.63) is 0 Å². The highest BCUT2D eigenvalue weighted by Crippen LogP contribution is 1.66. The second kappa shape index (κ2) is 19.9. The summed E-state index contributed by atoms with van der Waals surface area (Å²) in [4.78, 5) is 7.04. The second-order valence-corrected chi connectivity index (χ2v) is 0.682. The van der Waals surface area contributed by atoms with Gasteiger partial charge in [0.25, 0.3) is 0 Å². The Bertz CT molecular complexity index is 25.5. The molecular weight excluding hydrogens is 101 g/mol. The second-order valence-electron chi connectivity index (χ2n) is 0.500. The summed E-state index contributed by atoms with van der Waals surface area (Å²) < 4.78 is 8.51. The third kappa shape index (κ3) is 91700. The fraction of sp³-hybridized carbons (Fsp3) is 1.00. The van der Waals surface area contributed by atoms with Crippen molar-refractivity contribution < 1.29 is 9.46 Å². The average molecular weight is 110 g/mol. The number of nitrogens with two attached hydrogens (primary N) is 1. The average Bonchev–Trinajstić information content (AvgIpc) is 1.39. The lowest BCUT2D eigenvalue weighted by atomic mass is 10.8. The number of hydrogen-bond acceptors (Lipinski definition) is 2. The first-order valence-corrected chi connectivity index (χ1v) is 2.40. The highest BCUT2D eigenvalue weighted by molar-refractivity contribution is 7.16. The zero-order valence-corrected chi connectivity index (χ0v) is 4.64. The Balaban J connectivity index is 0. The minimum Gasteiger partial charge on any atom is -0.331 e. The summed E-state index contributed by atoms with van der Waals surface area (Å²) in [5, 5.41) is 0. The van der Waals surface area contributed by atoms with Gasteiger partial charge in [0.15, 0.2) is 0 Å². The smallest absolute Gasteiger partial charge is 0.331 e. The first-order chi connectivity index (χ1) is 2.83. The molecule has 0 amide bonds. The van der Waals surface area contributed by atoms with Crippen LogP contribution in [0.2, 0.25) is 0 Å². The van der Waals surface area contributed by atoms with Crippen molar-refractivity contribution in [2.24, 2.45) is 5.73 Å². The van der Waals surface area contributed by atoms with Crippen LogP contribution in [0.5, 0.6) is 0 Å². The maximum Gasteiger partial charge on any atom is 0.491 e. The summed E-state index contributed by atoms with van der Waals surface area (Å²) in [6, 6.07) is 0. The van der Waals surface area contributed by atoms with E-state index < -0.39 is 8.69 Å².